The maximum atomic E-state index is 4.31. The van der Waals surface area contributed by atoms with Crippen molar-refractivity contribution in [3.8, 4) is 0 Å². The van der Waals surface area contributed by atoms with Crippen molar-refractivity contribution in [2.45, 2.75) is 46.6 Å². The molecule has 0 spiro atoms. The molecular formula is C13H21BrN2. The molecule has 1 aromatic heterocycles. The summed E-state index contributed by atoms with van der Waals surface area (Å²) in [6.07, 6.45) is 2.90. The molecule has 0 atom stereocenters. The van der Waals surface area contributed by atoms with E-state index in [4.69, 9.17) is 0 Å². The molecule has 0 saturated heterocycles. The lowest BCUT2D eigenvalue weighted by molar-refractivity contribution is 0.302. The van der Waals surface area contributed by atoms with Gasteiger partial charge in [-0.3, -0.25) is 0 Å². The van der Waals surface area contributed by atoms with E-state index < -0.39 is 0 Å². The van der Waals surface area contributed by atoms with Gasteiger partial charge >= 0.3 is 0 Å². The van der Waals surface area contributed by atoms with Crippen LogP contribution in [0.2, 0.25) is 0 Å². The summed E-state index contributed by atoms with van der Waals surface area (Å²) in [6.45, 7) is 11.2. The second kappa shape index (κ2) is 4.74. The summed E-state index contributed by atoms with van der Waals surface area (Å²) in [5.41, 5.74) is 0.356. The van der Waals surface area contributed by atoms with Gasteiger partial charge in [-0.05, 0) is 37.8 Å². The van der Waals surface area contributed by atoms with Crippen molar-refractivity contribution >= 4 is 21.7 Å². The zero-order valence-corrected chi connectivity index (χ0v) is 12.4. The SMILES string of the molecule is CC(C)(C)CC(C)(C)Nc1cc(Br)ccn1. The minimum absolute atomic E-state index is 0.0477. The largest absolute Gasteiger partial charge is 0.365 e. The number of hydrogen-bond donors (Lipinski definition) is 1. The van der Waals surface area contributed by atoms with Crippen molar-refractivity contribution in [1.82, 2.24) is 4.98 Å². The van der Waals surface area contributed by atoms with Gasteiger partial charge in [-0.2, -0.15) is 0 Å². The second-order valence-electron chi connectivity index (χ2n) is 6.11. The molecule has 90 valence electrons. The Morgan fingerprint density at radius 1 is 1.25 bits per heavy atom. The van der Waals surface area contributed by atoms with E-state index >= 15 is 0 Å². The Hall–Kier alpha value is -0.570. The monoisotopic (exact) mass is 284 g/mol. The number of halogens is 1. The van der Waals surface area contributed by atoms with Gasteiger partial charge in [-0.1, -0.05) is 36.7 Å². The third-order valence-electron chi connectivity index (χ3n) is 2.16. The Morgan fingerprint density at radius 2 is 1.88 bits per heavy atom. The summed E-state index contributed by atoms with van der Waals surface area (Å²) in [7, 11) is 0. The first-order valence-corrected chi connectivity index (χ1v) is 6.37. The topological polar surface area (TPSA) is 24.9 Å². The standard InChI is InChI=1S/C13H21BrN2/c1-12(2,3)9-13(4,5)16-11-8-10(14)6-7-15-11/h6-8H,9H2,1-5H3,(H,15,16). The van der Waals surface area contributed by atoms with Crippen LogP contribution in [0.1, 0.15) is 41.0 Å². The van der Waals surface area contributed by atoms with Gasteiger partial charge in [0, 0.05) is 16.2 Å². The highest BCUT2D eigenvalue weighted by atomic mass is 79.9. The summed E-state index contributed by atoms with van der Waals surface area (Å²) < 4.78 is 1.05. The van der Waals surface area contributed by atoms with E-state index in [0.29, 0.717) is 5.41 Å². The van der Waals surface area contributed by atoms with E-state index in [9.17, 15) is 0 Å². The van der Waals surface area contributed by atoms with Crippen LogP contribution in [0.4, 0.5) is 5.82 Å². The van der Waals surface area contributed by atoms with Crippen LogP contribution >= 0.6 is 15.9 Å². The van der Waals surface area contributed by atoms with Crippen molar-refractivity contribution < 1.29 is 0 Å². The number of anilines is 1. The van der Waals surface area contributed by atoms with Crippen molar-refractivity contribution in [3.63, 3.8) is 0 Å². The molecule has 0 aliphatic rings. The van der Waals surface area contributed by atoms with Crippen LogP contribution in [-0.4, -0.2) is 10.5 Å². The molecule has 0 aliphatic carbocycles. The van der Waals surface area contributed by atoms with Crippen molar-refractivity contribution in [1.29, 1.82) is 0 Å². The van der Waals surface area contributed by atoms with E-state index in [1.165, 1.54) is 0 Å². The zero-order chi connectivity index (χ0) is 12.4. The van der Waals surface area contributed by atoms with Gasteiger partial charge in [0.25, 0.3) is 0 Å². The smallest absolute Gasteiger partial charge is 0.127 e. The van der Waals surface area contributed by atoms with Gasteiger partial charge in [0.05, 0.1) is 0 Å². The molecule has 1 rings (SSSR count). The fourth-order valence-electron chi connectivity index (χ4n) is 2.19. The van der Waals surface area contributed by atoms with Gasteiger partial charge in [-0.25, -0.2) is 4.98 Å². The lowest BCUT2D eigenvalue weighted by atomic mass is 9.82. The minimum Gasteiger partial charge on any atom is -0.365 e. The van der Waals surface area contributed by atoms with Crippen LogP contribution in [0.15, 0.2) is 22.8 Å². The first kappa shape index (κ1) is 13.5. The van der Waals surface area contributed by atoms with E-state index in [1.807, 2.05) is 12.1 Å². The average Bonchev–Trinajstić information content (AvgIpc) is 1.96. The van der Waals surface area contributed by atoms with Crippen LogP contribution < -0.4 is 5.32 Å². The molecule has 3 heteroatoms. The molecule has 0 unspecified atom stereocenters. The fourth-order valence-corrected chi connectivity index (χ4v) is 2.52. The Kier molecular flexibility index (Phi) is 4.00. The first-order valence-electron chi connectivity index (χ1n) is 5.58. The number of aromatic nitrogens is 1. The summed E-state index contributed by atoms with van der Waals surface area (Å²) in [4.78, 5) is 4.31. The summed E-state index contributed by atoms with van der Waals surface area (Å²) in [6, 6.07) is 3.94. The molecule has 0 fully saturated rings. The maximum absolute atomic E-state index is 4.31. The number of rotatable bonds is 3. The van der Waals surface area contributed by atoms with E-state index in [2.05, 4.69) is 60.8 Å². The molecule has 1 N–H and O–H groups in total. The Bertz CT molecular complexity index is 353. The zero-order valence-electron chi connectivity index (χ0n) is 10.8. The summed E-state index contributed by atoms with van der Waals surface area (Å²) in [5, 5.41) is 3.47. The van der Waals surface area contributed by atoms with Crippen molar-refractivity contribution in [2.75, 3.05) is 5.32 Å². The number of nitrogens with one attached hydrogen (secondary N) is 1. The van der Waals surface area contributed by atoms with Gasteiger partial charge in [-0.15, -0.1) is 0 Å². The van der Waals surface area contributed by atoms with E-state index in [-0.39, 0.29) is 5.54 Å². The van der Waals surface area contributed by atoms with Gasteiger partial charge in [0.2, 0.25) is 0 Å². The normalized spacial score (nSPS) is 12.6. The first-order chi connectivity index (χ1) is 7.18. The molecule has 16 heavy (non-hydrogen) atoms. The molecule has 0 amide bonds. The maximum Gasteiger partial charge on any atom is 0.127 e. The predicted octanol–water partition coefficient (Wildman–Crippen LogP) is 4.47. The van der Waals surface area contributed by atoms with E-state index in [1.54, 1.807) is 6.20 Å². The quantitative estimate of drug-likeness (QED) is 0.886. The Labute approximate surface area is 107 Å². The predicted molar refractivity (Wildman–Crippen MR) is 73.7 cm³/mol. The molecule has 0 aromatic carbocycles. The van der Waals surface area contributed by atoms with Crippen LogP contribution in [-0.2, 0) is 0 Å². The highest BCUT2D eigenvalue weighted by Crippen LogP contribution is 2.29. The van der Waals surface area contributed by atoms with Crippen molar-refractivity contribution in [2.24, 2.45) is 5.41 Å². The lowest BCUT2D eigenvalue weighted by Gasteiger charge is -2.33. The fraction of sp³-hybridized carbons (Fsp3) is 0.615. The number of pyridine rings is 1. The summed E-state index contributed by atoms with van der Waals surface area (Å²) in [5.74, 6) is 0.920. The van der Waals surface area contributed by atoms with Crippen LogP contribution in [0.3, 0.4) is 0 Å². The molecule has 1 heterocycles. The third-order valence-corrected chi connectivity index (χ3v) is 2.65. The minimum atomic E-state index is 0.0477. The van der Waals surface area contributed by atoms with Crippen LogP contribution in [0.25, 0.3) is 0 Å². The Morgan fingerprint density at radius 3 is 2.38 bits per heavy atom. The van der Waals surface area contributed by atoms with Gasteiger partial charge in [0.15, 0.2) is 0 Å². The third kappa shape index (κ3) is 4.97. The van der Waals surface area contributed by atoms with Crippen LogP contribution in [0.5, 0.6) is 0 Å². The van der Waals surface area contributed by atoms with Crippen molar-refractivity contribution in [3.05, 3.63) is 22.8 Å². The second-order valence-corrected chi connectivity index (χ2v) is 7.02. The highest BCUT2D eigenvalue weighted by molar-refractivity contribution is 9.10. The summed E-state index contributed by atoms with van der Waals surface area (Å²) >= 11 is 3.45. The molecule has 0 saturated carbocycles. The molecule has 0 bridgehead atoms. The van der Waals surface area contributed by atoms with Gasteiger partial charge in [0.1, 0.15) is 5.82 Å². The Balaban J connectivity index is 2.72. The molecular weight excluding hydrogens is 264 g/mol. The molecule has 0 radical (unpaired) electrons. The van der Waals surface area contributed by atoms with Gasteiger partial charge < -0.3 is 5.32 Å². The highest BCUT2D eigenvalue weighted by Gasteiger charge is 2.25. The number of nitrogens with zero attached hydrogens (tertiary/aromatic N) is 1. The molecule has 1 aromatic rings. The van der Waals surface area contributed by atoms with E-state index in [0.717, 1.165) is 16.7 Å². The molecule has 0 aliphatic heterocycles. The average molecular weight is 285 g/mol. The number of hydrogen-bond acceptors (Lipinski definition) is 2. The lowest BCUT2D eigenvalue weighted by Crippen LogP contribution is -2.35. The molecule has 2 nitrogen and oxygen atoms in total. The van der Waals surface area contributed by atoms with Crippen LogP contribution in [0, 0.1) is 5.41 Å².